The molecule has 0 amide bonds. The number of esters is 1. The average molecular weight is 942 g/mol. The molecule has 8 nitrogen and oxygen atoms in total. The van der Waals surface area contributed by atoms with E-state index >= 15 is 0 Å². The largest absolute Gasteiger partial charge is 1.00 e. The molecule has 68 heavy (non-hydrogen) atoms. The second kappa shape index (κ2) is 27.8. The van der Waals surface area contributed by atoms with Crippen molar-refractivity contribution in [2.24, 2.45) is 0 Å². The number of hydrogen-bond donors (Lipinski definition) is 2. The minimum Gasteiger partial charge on any atom is -1.00 e. The number of carboxylic acids is 1. The summed E-state index contributed by atoms with van der Waals surface area (Å²) in [7, 11) is 1.42. The zero-order valence-corrected chi connectivity index (χ0v) is 42.3. The molecule has 0 aliphatic carbocycles. The van der Waals surface area contributed by atoms with Gasteiger partial charge in [-0.1, -0.05) is 121 Å². The highest BCUT2D eigenvalue weighted by molar-refractivity contribution is 5.90. The predicted octanol–water partition coefficient (Wildman–Crippen LogP) is 8.88. The van der Waals surface area contributed by atoms with Gasteiger partial charge >= 0.3 is 11.9 Å². The summed E-state index contributed by atoms with van der Waals surface area (Å²) in [5, 5.41) is 9.68. The first-order valence-corrected chi connectivity index (χ1v) is 23.9. The third-order valence-electron chi connectivity index (χ3n) is 12.5. The van der Waals surface area contributed by atoms with Gasteiger partial charge in [0.25, 0.3) is 0 Å². The van der Waals surface area contributed by atoms with Gasteiger partial charge in [0, 0.05) is 41.5 Å². The Hall–Kier alpha value is -5.93. The Morgan fingerprint density at radius 2 is 0.941 bits per heavy atom. The van der Waals surface area contributed by atoms with Crippen LogP contribution in [0, 0.1) is 0 Å². The Kier molecular flexibility index (Phi) is 22.3. The summed E-state index contributed by atoms with van der Waals surface area (Å²) in [6.45, 7) is 20.8. The molecule has 6 aromatic carbocycles. The van der Waals surface area contributed by atoms with Crippen molar-refractivity contribution in [3.05, 3.63) is 202 Å². The van der Waals surface area contributed by atoms with Gasteiger partial charge in [0.1, 0.15) is 24.7 Å². The smallest absolute Gasteiger partial charge is 0.337 e. The number of aromatic carboxylic acids is 1. The molecule has 0 aromatic heterocycles. The highest BCUT2D eigenvalue weighted by atomic mass is 35.5. The monoisotopic (exact) mass is 941 g/mol. The van der Waals surface area contributed by atoms with Crippen molar-refractivity contribution in [1.29, 1.82) is 0 Å². The lowest BCUT2D eigenvalue weighted by Gasteiger charge is -2.32. The maximum Gasteiger partial charge on any atom is 0.337 e. The van der Waals surface area contributed by atoms with Crippen molar-refractivity contribution in [3.8, 4) is 11.5 Å². The fourth-order valence-corrected chi connectivity index (χ4v) is 9.07. The molecule has 0 bridgehead atoms. The molecule has 6 rings (SSSR count). The van der Waals surface area contributed by atoms with E-state index in [0.29, 0.717) is 42.9 Å². The van der Waals surface area contributed by atoms with Gasteiger partial charge in [0.05, 0.1) is 36.9 Å². The van der Waals surface area contributed by atoms with Crippen molar-refractivity contribution in [3.63, 3.8) is 0 Å². The first-order chi connectivity index (χ1) is 32.3. The molecule has 0 aliphatic rings. The number of rotatable bonds is 22. The zero-order chi connectivity index (χ0) is 48.3. The predicted molar refractivity (Wildman–Crippen MR) is 272 cm³/mol. The third kappa shape index (κ3) is 16.1. The molecule has 0 fully saturated rings. The summed E-state index contributed by atoms with van der Waals surface area (Å²) in [4.78, 5) is 28.2. The maximum atomic E-state index is 12.4. The number of halogens is 1. The number of benzene rings is 6. The summed E-state index contributed by atoms with van der Waals surface area (Å²) < 4.78 is 17.6. The van der Waals surface area contributed by atoms with Crippen LogP contribution in [0.2, 0.25) is 0 Å². The number of methoxy groups -OCH3 is 1. The normalized spacial score (nSPS) is 12.1. The molecule has 0 saturated heterocycles. The van der Waals surface area contributed by atoms with Gasteiger partial charge in [-0.25, -0.2) is 9.59 Å². The zero-order valence-electron chi connectivity index (χ0n) is 41.5. The molecule has 0 spiro atoms. The van der Waals surface area contributed by atoms with Crippen LogP contribution in [0.1, 0.15) is 134 Å². The molecule has 0 aliphatic heterocycles. The number of nitrogens with zero attached hydrogens (tertiary/aromatic N) is 1. The molecule has 0 radical (unpaired) electrons. The molecule has 0 saturated carbocycles. The number of carbonyl (C=O) groups is 2. The summed E-state index contributed by atoms with van der Waals surface area (Å²) >= 11 is 0. The number of nitrogens with one attached hydrogen (secondary N) is 1. The Morgan fingerprint density at radius 3 is 1.34 bits per heavy atom. The van der Waals surface area contributed by atoms with E-state index in [-0.39, 0.29) is 35.8 Å². The van der Waals surface area contributed by atoms with Gasteiger partial charge in [-0.3, -0.25) is 4.90 Å². The van der Waals surface area contributed by atoms with Crippen molar-refractivity contribution < 1.29 is 46.2 Å². The van der Waals surface area contributed by atoms with Gasteiger partial charge in [-0.2, -0.15) is 0 Å². The maximum absolute atomic E-state index is 12.4. The van der Waals surface area contributed by atoms with Gasteiger partial charge in [0.15, 0.2) is 0 Å². The van der Waals surface area contributed by atoms with E-state index in [1.165, 1.54) is 23.1 Å². The summed E-state index contributed by atoms with van der Waals surface area (Å²) in [6, 6.07) is 53.8. The molecule has 2 N–H and O–H groups in total. The van der Waals surface area contributed by atoms with Crippen LogP contribution in [-0.2, 0) is 18.0 Å². The van der Waals surface area contributed by atoms with E-state index in [9.17, 15) is 14.7 Å². The molecule has 2 atom stereocenters. The quantitative estimate of drug-likeness (QED) is 0.0658. The van der Waals surface area contributed by atoms with Gasteiger partial charge in [-0.15, -0.1) is 0 Å². The van der Waals surface area contributed by atoms with Crippen LogP contribution < -0.4 is 26.8 Å². The molecule has 0 unspecified atom stereocenters. The topological polar surface area (TPSA) is 89.7 Å². The van der Waals surface area contributed by atoms with Crippen molar-refractivity contribution in [1.82, 2.24) is 4.90 Å². The van der Waals surface area contributed by atoms with Crippen molar-refractivity contribution >= 4 is 11.9 Å². The van der Waals surface area contributed by atoms with Crippen molar-refractivity contribution in [2.45, 2.75) is 117 Å². The molecule has 6 aromatic rings. The van der Waals surface area contributed by atoms with Crippen molar-refractivity contribution in [2.75, 3.05) is 20.2 Å². The lowest BCUT2D eigenvalue weighted by molar-refractivity contribution is -0.942. The highest BCUT2D eigenvalue weighted by Gasteiger charge is 2.26. The van der Waals surface area contributed by atoms with Crippen LogP contribution in [0.4, 0.5) is 0 Å². The fourth-order valence-electron chi connectivity index (χ4n) is 9.07. The number of ether oxygens (including phenoxy) is 3. The minimum absolute atomic E-state index is 0. The van der Waals surface area contributed by atoms with Crippen LogP contribution in [0.3, 0.4) is 0 Å². The highest BCUT2D eigenvalue weighted by Crippen LogP contribution is 2.38. The molecular formula is C59H73ClN2O6. The second-order valence-electron chi connectivity index (χ2n) is 18.4. The van der Waals surface area contributed by atoms with Crippen LogP contribution in [0.25, 0.3) is 0 Å². The van der Waals surface area contributed by atoms with Crippen LogP contribution in [0.15, 0.2) is 158 Å². The van der Waals surface area contributed by atoms with E-state index < -0.39 is 5.97 Å². The van der Waals surface area contributed by atoms with Gasteiger partial charge in [0.2, 0.25) is 0 Å². The van der Waals surface area contributed by atoms with Gasteiger partial charge in [-0.05, 0) is 127 Å². The van der Waals surface area contributed by atoms with E-state index in [4.69, 9.17) is 14.2 Å². The van der Waals surface area contributed by atoms with E-state index in [0.717, 1.165) is 59.7 Å². The first kappa shape index (κ1) is 54.7. The Morgan fingerprint density at radius 1 is 0.544 bits per heavy atom. The van der Waals surface area contributed by atoms with Crippen LogP contribution in [0.5, 0.6) is 11.5 Å². The lowest BCUT2D eigenvalue weighted by Crippen LogP contribution is -3.17. The Labute approximate surface area is 412 Å². The third-order valence-corrected chi connectivity index (χ3v) is 12.5. The number of quaternary nitrogens is 1. The fraction of sp³-hybridized carbons (Fsp3) is 0.356. The standard InChI is InChI=1S/C30H37NO3.C29H35NO3.ClH/c1-22(2)31(23(3)4)19-18-27(25-14-10-7-11-15-25)28-20-26(30(32)33-5)16-17-29(28)34-21-24-12-8-6-9-13-24;1-21(2)30(22(3)4)18-17-26(24-13-9-6-10-14-24)27-19-25(29(31)32)15-16-28(27)33-20-23-11-7-5-8-12-23;/h6-17,20,22-23,27H,18-19,21H2,1-5H3;5-16,19,21-22,26H,17-18,20H2,1-4H3,(H,31,32);1H/t27-;26-;/m00./s1. The van der Waals surface area contributed by atoms with E-state index in [1.54, 1.807) is 18.2 Å². The molecule has 362 valence electrons. The van der Waals surface area contributed by atoms with Gasteiger partial charge < -0.3 is 36.6 Å². The summed E-state index contributed by atoms with van der Waals surface area (Å²) in [5.74, 6) is 0.405. The minimum atomic E-state index is -0.922. The molecule has 9 heteroatoms. The van der Waals surface area contributed by atoms with Crippen LogP contribution >= 0.6 is 0 Å². The molecular weight excluding hydrogens is 868 g/mol. The number of hydrogen-bond acceptors (Lipinski definition) is 6. The molecule has 0 heterocycles. The average Bonchev–Trinajstić information content (AvgIpc) is 3.33. The van der Waals surface area contributed by atoms with Crippen LogP contribution in [-0.4, -0.2) is 66.3 Å². The van der Waals surface area contributed by atoms with E-state index in [1.807, 2.05) is 91.0 Å². The summed E-state index contributed by atoms with van der Waals surface area (Å²) in [5.41, 5.74) is 7.34. The number of carboxylic acid groups (broad SMARTS) is 1. The van der Waals surface area contributed by atoms with E-state index in [2.05, 4.69) is 109 Å². The summed E-state index contributed by atoms with van der Waals surface area (Å²) in [6.07, 6.45) is 1.81. The first-order valence-electron chi connectivity index (χ1n) is 23.9. The number of carbonyl (C=O) groups excluding carboxylic acids is 1. The SMILES string of the molecule is CC(C)[NH+](CC[C@@H](c1ccccc1)c1cc(C(=O)O)ccc1OCc1ccccc1)C(C)C.COC(=O)c1ccc(OCc2ccccc2)c([C@@H](CCN(C(C)C)C(C)C)c2ccccc2)c1.[Cl-]. The Balaban J connectivity index is 0.000000292. The Bertz CT molecular complexity index is 2380. The lowest BCUT2D eigenvalue weighted by atomic mass is 9.86. The second-order valence-corrected chi connectivity index (χ2v) is 18.4.